The first-order valence-corrected chi connectivity index (χ1v) is 6.38. The van der Waals surface area contributed by atoms with Crippen molar-refractivity contribution in [1.82, 2.24) is 0 Å². The molecule has 0 aromatic carbocycles. The zero-order chi connectivity index (χ0) is 11.1. The number of aliphatic hydroxyl groups excluding tert-OH is 1. The Kier molecular flexibility index (Phi) is 2.94. The van der Waals surface area contributed by atoms with Gasteiger partial charge < -0.3 is 5.11 Å². The molecule has 15 heavy (non-hydrogen) atoms. The van der Waals surface area contributed by atoms with Crippen LogP contribution < -0.4 is 0 Å². The second-order valence-corrected chi connectivity index (χ2v) is 5.91. The SMILES string of the molecule is CC(C)=CCC[C@@H](C)C12CCC(O)C1C2. The highest BCUT2D eigenvalue weighted by Crippen LogP contribution is 2.68. The topological polar surface area (TPSA) is 20.2 Å². The minimum atomic E-state index is 0.0240. The van der Waals surface area contributed by atoms with Crippen LogP contribution in [0.3, 0.4) is 0 Å². The molecule has 0 saturated heterocycles. The highest BCUT2D eigenvalue weighted by atomic mass is 16.3. The molecule has 2 aliphatic rings. The van der Waals surface area contributed by atoms with Crippen molar-refractivity contribution in [3.63, 3.8) is 0 Å². The van der Waals surface area contributed by atoms with Gasteiger partial charge in [0.1, 0.15) is 0 Å². The molecule has 0 bridgehead atoms. The van der Waals surface area contributed by atoms with Crippen LogP contribution in [0.5, 0.6) is 0 Å². The summed E-state index contributed by atoms with van der Waals surface area (Å²) in [7, 11) is 0. The monoisotopic (exact) mass is 208 g/mol. The minimum Gasteiger partial charge on any atom is -0.393 e. The normalized spacial score (nSPS) is 39.7. The van der Waals surface area contributed by atoms with Crippen LogP contribution in [0.1, 0.15) is 52.9 Å². The van der Waals surface area contributed by atoms with Crippen molar-refractivity contribution in [3.8, 4) is 0 Å². The molecule has 1 heteroatoms. The maximum Gasteiger partial charge on any atom is 0.0574 e. The van der Waals surface area contributed by atoms with E-state index in [0.29, 0.717) is 11.3 Å². The van der Waals surface area contributed by atoms with E-state index >= 15 is 0 Å². The molecule has 0 aliphatic heterocycles. The summed E-state index contributed by atoms with van der Waals surface area (Å²) in [5.74, 6) is 1.45. The summed E-state index contributed by atoms with van der Waals surface area (Å²) in [6.45, 7) is 6.72. The van der Waals surface area contributed by atoms with Gasteiger partial charge in [0.25, 0.3) is 0 Å². The summed E-state index contributed by atoms with van der Waals surface area (Å²) >= 11 is 0. The largest absolute Gasteiger partial charge is 0.393 e. The fraction of sp³-hybridized carbons (Fsp3) is 0.857. The van der Waals surface area contributed by atoms with Crippen LogP contribution in [0.15, 0.2) is 11.6 Å². The smallest absolute Gasteiger partial charge is 0.0574 e. The van der Waals surface area contributed by atoms with Crippen molar-refractivity contribution in [2.75, 3.05) is 0 Å². The fourth-order valence-electron chi connectivity index (χ4n) is 3.50. The lowest BCUT2D eigenvalue weighted by Gasteiger charge is -2.20. The Morgan fingerprint density at radius 1 is 1.53 bits per heavy atom. The van der Waals surface area contributed by atoms with Crippen molar-refractivity contribution in [2.24, 2.45) is 17.3 Å². The van der Waals surface area contributed by atoms with Crippen LogP contribution in [-0.2, 0) is 0 Å². The van der Waals surface area contributed by atoms with Crippen LogP contribution >= 0.6 is 0 Å². The Morgan fingerprint density at radius 3 is 2.73 bits per heavy atom. The quantitative estimate of drug-likeness (QED) is 0.701. The van der Waals surface area contributed by atoms with Crippen molar-refractivity contribution in [1.29, 1.82) is 0 Å². The maximum atomic E-state index is 9.76. The molecule has 2 saturated carbocycles. The van der Waals surface area contributed by atoms with Gasteiger partial charge in [0, 0.05) is 0 Å². The first-order chi connectivity index (χ1) is 7.06. The van der Waals surface area contributed by atoms with E-state index in [2.05, 4.69) is 26.8 Å². The number of hydrogen-bond acceptors (Lipinski definition) is 1. The Balaban J connectivity index is 1.83. The van der Waals surface area contributed by atoms with Crippen LogP contribution in [0.2, 0.25) is 0 Å². The predicted molar refractivity (Wildman–Crippen MR) is 63.6 cm³/mol. The zero-order valence-electron chi connectivity index (χ0n) is 10.3. The Hall–Kier alpha value is -0.300. The number of fused-ring (bicyclic) bond motifs is 1. The summed E-state index contributed by atoms with van der Waals surface area (Å²) in [5, 5.41) is 9.76. The Bertz CT molecular complexity index is 265. The van der Waals surface area contributed by atoms with Crippen LogP contribution in [0, 0.1) is 17.3 Å². The molecule has 0 radical (unpaired) electrons. The van der Waals surface area contributed by atoms with Gasteiger partial charge in [0.15, 0.2) is 0 Å². The molecule has 0 amide bonds. The highest BCUT2D eigenvalue weighted by molar-refractivity contribution is 5.12. The second-order valence-electron chi connectivity index (χ2n) is 5.91. The molecule has 1 N–H and O–H groups in total. The maximum absolute atomic E-state index is 9.76. The Morgan fingerprint density at radius 2 is 2.27 bits per heavy atom. The molecular formula is C14H24O. The van der Waals surface area contributed by atoms with Crippen LogP contribution in [0.25, 0.3) is 0 Å². The molecule has 0 heterocycles. The lowest BCUT2D eigenvalue weighted by molar-refractivity contribution is 0.156. The molecule has 2 fully saturated rings. The lowest BCUT2D eigenvalue weighted by atomic mass is 9.85. The second kappa shape index (κ2) is 3.93. The van der Waals surface area contributed by atoms with E-state index in [9.17, 15) is 5.11 Å². The van der Waals surface area contributed by atoms with E-state index in [-0.39, 0.29) is 6.10 Å². The molecule has 0 spiro atoms. The van der Waals surface area contributed by atoms with Crippen molar-refractivity contribution >= 4 is 0 Å². The van der Waals surface area contributed by atoms with Crippen molar-refractivity contribution < 1.29 is 5.11 Å². The van der Waals surface area contributed by atoms with Gasteiger partial charge in [-0.2, -0.15) is 0 Å². The summed E-state index contributed by atoms with van der Waals surface area (Å²) in [4.78, 5) is 0. The van der Waals surface area contributed by atoms with Crippen LogP contribution in [-0.4, -0.2) is 11.2 Å². The van der Waals surface area contributed by atoms with Gasteiger partial charge in [-0.1, -0.05) is 18.6 Å². The van der Waals surface area contributed by atoms with Gasteiger partial charge in [-0.05, 0) is 63.2 Å². The predicted octanol–water partition coefficient (Wildman–Crippen LogP) is 3.53. The summed E-state index contributed by atoms with van der Waals surface area (Å²) in [6.07, 6.45) is 8.51. The highest BCUT2D eigenvalue weighted by Gasteiger charge is 2.63. The van der Waals surface area contributed by atoms with Crippen molar-refractivity contribution in [2.45, 2.75) is 59.0 Å². The Labute approximate surface area is 93.6 Å². The molecule has 0 aromatic heterocycles. The van der Waals surface area contributed by atoms with Gasteiger partial charge >= 0.3 is 0 Å². The van der Waals surface area contributed by atoms with Gasteiger partial charge in [-0.3, -0.25) is 0 Å². The van der Waals surface area contributed by atoms with E-state index in [1.54, 1.807) is 0 Å². The molecule has 86 valence electrons. The van der Waals surface area contributed by atoms with Crippen molar-refractivity contribution in [3.05, 3.63) is 11.6 Å². The van der Waals surface area contributed by atoms with E-state index in [4.69, 9.17) is 0 Å². The molecule has 1 nitrogen and oxygen atoms in total. The zero-order valence-corrected chi connectivity index (χ0v) is 10.3. The third kappa shape index (κ3) is 1.99. The standard InChI is InChI=1S/C14H24O/c1-10(2)5-4-6-11(3)14-8-7-13(15)12(14)9-14/h5,11-13,15H,4,6-9H2,1-3H3/t11-,12?,13?,14?/m1/s1. The molecule has 2 rings (SSSR count). The van der Waals surface area contributed by atoms with E-state index in [0.717, 1.165) is 12.3 Å². The summed E-state index contributed by atoms with van der Waals surface area (Å²) in [6, 6.07) is 0. The number of hydrogen-bond donors (Lipinski definition) is 1. The number of allylic oxidation sites excluding steroid dienone is 2. The fourth-order valence-corrected chi connectivity index (χ4v) is 3.50. The first kappa shape index (κ1) is 11.2. The van der Waals surface area contributed by atoms with Gasteiger partial charge in [0.05, 0.1) is 6.10 Å². The van der Waals surface area contributed by atoms with E-state index < -0.39 is 0 Å². The average molecular weight is 208 g/mol. The molecule has 4 atom stereocenters. The van der Waals surface area contributed by atoms with E-state index in [1.807, 2.05) is 0 Å². The number of aliphatic hydroxyl groups is 1. The summed E-state index contributed by atoms with van der Waals surface area (Å²) in [5.41, 5.74) is 1.98. The molecule has 2 aliphatic carbocycles. The van der Waals surface area contributed by atoms with Gasteiger partial charge in [-0.15, -0.1) is 0 Å². The van der Waals surface area contributed by atoms with E-state index in [1.165, 1.54) is 31.3 Å². The molecule has 3 unspecified atom stereocenters. The first-order valence-electron chi connectivity index (χ1n) is 6.38. The van der Waals surface area contributed by atoms with Gasteiger partial charge in [0.2, 0.25) is 0 Å². The van der Waals surface area contributed by atoms with Gasteiger partial charge in [-0.25, -0.2) is 0 Å². The third-order valence-corrected chi connectivity index (χ3v) is 4.68. The average Bonchev–Trinajstić information content (AvgIpc) is 2.82. The molecule has 0 aromatic rings. The minimum absolute atomic E-state index is 0.0240. The summed E-state index contributed by atoms with van der Waals surface area (Å²) < 4.78 is 0. The molecular weight excluding hydrogens is 184 g/mol. The number of rotatable bonds is 4. The van der Waals surface area contributed by atoms with Crippen LogP contribution in [0.4, 0.5) is 0 Å². The lowest BCUT2D eigenvalue weighted by Crippen LogP contribution is -2.12. The third-order valence-electron chi connectivity index (χ3n) is 4.68.